The van der Waals surface area contributed by atoms with E-state index in [1.165, 1.54) is 6.07 Å². The second-order valence-corrected chi connectivity index (χ2v) is 5.51. The Labute approximate surface area is 126 Å². The monoisotopic (exact) mass is 295 g/mol. The van der Waals surface area contributed by atoms with E-state index in [1.54, 1.807) is 19.2 Å². The highest BCUT2D eigenvalue weighted by Crippen LogP contribution is 2.23. The van der Waals surface area contributed by atoms with Crippen LogP contribution in [0.25, 0.3) is 0 Å². The van der Waals surface area contributed by atoms with Crippen LogP contribution in [0.5, 0.6) is 0 Å². The van der Waals surface area contributed by atoms with Crippen LogP contribution in [0.2, 0.25) is 0 Å². The highest BCUT2D eigenvalue weighted by atomic mass is 19.1. The molecule has 0 amide bonds. The molecule has 0 heterocycles. The SMILES string of the molecule is CCNC(=NCC(C)(C)c1cccc(F)c1)NCCOC. The van der Waals surface area contributed by atoms with Gasteiger partial charge in [-0.15, -0.1) is 0 Å². The average Bonchev–Trinajstić information content (AvgIpc) is 2.45. The molecule has 2 N–H and O–H groups in total. The molecule has 0 saturated carbocycles. The molecular weight excluding hydrogens is 269 g/mol. The van der Waals surface area contributed by atoms with Crippen LogP contribution in [0.3, 0.4) is 0 Å². The van der Waals surface area contributed by atoms with E-state index >= 15 is 0 Å². The first kappa shape index (κ1) is 17.4. The van der Waals surface area contributed by atoms with Crippen LogP contribution in [0.4, 0.5) is 4.39 Å². The fraction of sp³-hybridized carbons (Fsp3) is 0.562. The molecule has 0 atom stereocenters. The van der Waals surface area contributed by atoms with Gasteiger partial charge in [0.25, 0.3) is 0 Å². The number of guanidine groups is 1. The minimum atomic E-state index is -0.230. The van der Waals surface area contributed by atoms with E-state index < -0.39 is 0 Å². The largest absolute Gasteiger partial charge is 0.383 e. The molecule has 0 aliphatic carbocycles. The fourth-order valence-corrected chi connectivity index (χ4v) is 1.89. The Hall–Kier alpha value is -1.62. The van der Waals surface area contributed by atoms with Gasteiger partial charge in [0, 0.05) is 25.6 Å². The van der Waals surface area contributed by atoms with Crippen LogP contribution < -0.4 is 10.6 Å². The summed E-state index contributed by atoms with van der Waals surface area (Å²) in [6.45, 7) is 8.82. The third-order valence-electron chi connectivity index (χ3n) is 3.18. The number of aliphatic imine (C=N–C) groups is 1. The summed E-state index contributed by atoms with van der Waals surface area (Å²) in [5.74, 6) is 0.536. The molecule has 0 aromatic heterocycles. The van der Waals surface area contributed by atoms with E-state index in [0.29, 0.717) is 19.7 Å². The van der Waals surface area contributed by atoms with Gasteiger partial charge >= 0.3 is 0 Å². The first-order chi connectivity index (χ1) is 9.99. The lowest BCUT2D eigenvalue weighted by Gasteiger charge is -2.24. The van der Waals surface area contributed by atoms with E-state index in [1.807, 2.05) is 13.0 Å². The standard InChI is InChI=1S/C16H26FN3O/c1-5-18-15(19-9-10-21-4)20-12-16(2,3)13-7-6-8-14(17)11-13/h6-8,11H,5,9-10,12H2,1-4H3,(H2,18,19,20). The number of hydrogen-bond acceptors (Lipinski definition) is 2. The molecule has 1 aromatic rings. The topological polar surface area (TPSA) is 45.7 Å². The maximum atomic E-state index is 13.3. The van der Waals surface area contributed by atoms with Crippen molar-refractivity contribution in [2.24, 2.45) is 4.99 Å². The lowest BCUT2D eigenvalue weighted by molar-refractivity contribution is 0.203. The van der Waals surface area contributed by atoms with Gasteiger partial charge in [-0.3, -0.25) is 4.99 Å². The number of ether oxygens (including phenoxy) is 1. The van der Waals surface area contributed by atoms with Gasteiger partial charge < -0.3 is 15.4 Å². The summed E-state index contributed by atoms with van der Waals surface area (Å²) in [7, 11) is 1.67. The van der Waals surface area contributed by atoms with Crippen molar-refractivity contribution in [3.8, 4) is 0 Å². The molecule has 0 bridgehead atoms. The van der Waals surface area contributed by atoms with E-state index in [4.69, 9.17) is 4.74 Å². The minimum Gasteiger partial charge on any atom is -0.383 e. The van der Waals surface area contributed by atoms with Crippen molar-refractivity contribution in [3.63, 3.8) is 0 Å². The van der Waals surface area contributed by atoms with Crippen molar-refractivity contribution < 1.29 is 9.13 Å². The van der Waals surface area contributed by atoms with Crippen molar-refractivity contribution in [2.45, 2.75) is 26.2 Å². The van der Waals surface area contributed by atoms with E-state index in [0.717, 1.165) is 18.1 Å². The Balaban J connectivity index is 2.72. The quantitative estimate of drug-likeness (QED) is 0.461. The Kier molecular flexibility index (Phi) is 7.15. The van der Waals surface area contributed by atoms with Crippen molar-refractivity contribution in [3.05, 3.63) is 35.6 Å². The van der Waals surface area contributed by atoms with Crippen molar-refractivity contribution in [2.75, 3.05) is 33.4 Å². The van der Waals surface area contributed by atoms with E-state index in [2.05, 4.69) is 29.5 Å². The van der Waals surface area contributed by atoms with Crippen LogP contribution in [0.1, 0.15) is 26.3 Å². The van der Waals surface area contributed by atoms with Crippen LogP contribution in [-0.4, -0.2) is 39.3 Å². The molecule has 21 heavy (non-hydrogen) atoms. The third-order valence-corrected chi connectivity index (χ3v) is 3.18. The number of hydrogen-bond donors (Lipinski definition) is 2. The minimum absolute atomic E-state index is 0.213. The van der Waals surface area contributed by atoms with Crippen LogP contribution in [-0.2, 0) is 10.2 Å². The summed E-state index contributed by atoms with van der Waals surface area (Å²) in [5.41, 5.74) is 0.713. The maximum absolute atomic E-state index is 13.3. The van der Waals surface area contributed by atoms with Gasteiger partial charge in [-0.2, -0.15) is 0 Å². The summed E-state index contributed by atoms with van der Waals surface area (Å²) < 4.78 is 18.4. The second-order valence-electron chi connectivity index (χ2n) is 5.51. The number of nitrogens with one attached hydrogen (secondary N) is 2. The van der Waals surface area contributed by atoms with Gasteiger partial charge in [0.15, 0.2) is 5.96 Å². The lowest BCUT2D eigenvalue weighted by atomic mass is 9.85. The van der Waals surface area contributed by atoms with Gasteiger partial charge in [-0.1, -0.05) is 26.0 Å². The molecule has 4 nitrogen and oxygen atoms in total. The first-order valence-corrected chi connectivity index (χ1v) is 7.26. The Morgan fingerprint density at radius 1 is 1.33 bits per heavy atom. The molecule has 0 fully saturated rings. The number of benzene rings is 1. The Morgan fingerprint density at radius 2 is 2.10 bits per heavy atom. The molecule has 118 valence electrons. The number of halogens is 1. The van der Waals surface area contributed by atoms with Gasteiger partial charge in [0.2, 0.25) is 0 Å². The summed E-state index contributed by atoms with van der Waals surface area (Å²) in [6.07, 6.45) is 0. The highest BCUT2D eigenvalue weighted by Gasteiger charge is 2.20. The molecule has 0 saturated heterocycles. The molecule has 1 aromatic carbocycles. The maximum Gasteiger partial charge on any atom is 0.191 e. The van der Waals surface area contributed by atoms with Crippen LogP contribution >= 0.6 is 0 Å². The summed E-state index contributed by atoms with van der Waals surface area (Å²) in [6, 6.07) is 6.70. The fourth-order valence-electron chi connectivity index (χ4n) is 1.89. The van der Waals surface area contributed by atoms with Crippen molar-refractivity contribution in [1.29, 1.82) is 0 Å². The molecule has 0 spiro atoms. The lowest BCUT2D eigenvalue weighted by Crippen LogP contribution is -2.40. The van der Waals surface area contributed by atoms with Gasteiger partial charge in [0.05, 0.1) is 13.2 Å². The molecule has 0 aliphatic heterocycles. The summed E-state index contributed by atoms with van der Waals surface area (Å²) in [4.78, 5) is 4.58. The number of nitrogens with zero attached hydrogens (tertiary/aromatic N) is 1. The first-order valence-electron chi connectivity index (χ1n) is 7.26. The van der Waals surface area contributed by atoms with Crippen LogP contribution in [0.15, 0.2) is 29.3 Å². The zero-order valence-corrected chi connectivity index (χ0v) is 13.4. The van der Waals surface area contributed by atoms with Gasteiger partial charge in [-0.25, -0.2) is 4.39 Å². The predicted molar refractivity (Wildman–Crippen MR) is 85.3 cm³/mol. The Bertz CT molecular complexity index is 461. The summed E-state index contributed by atoms with van der Waals surface area (Å²) in [5, 5.41) is 6.38. The van der Waals surface area contributed by atoms with Crippen molar-refractivity contribution >= 4 is 5.96 Å². The van der Waals surface area contributed by atoms with Crippen molar-refractivity contribution in [1.82, 2.24) is 10.6 Å². The zero-order valence-electron chi connectivity index (χ0n) is 13.4. The average molecular weight is 295 g/mol. The molecule has 0 aliphatic rings. The normalized spacial score (nSPS) is 12.3. The van der Waals surface area contributed by atoms with E-state index in [9.17, 15) is 4.39 Å². The Morgan fingerprint density at radius 3 is 2.71 bits per heavy atom. The molecule has 5 heteroatoms. The van der Waals surface area contributed by atoms with Gasteiger partial charge in [-0.05, 0) is 24.6 Å². The molecular formula is C16H26FN3O. The third kappa shape index (κ3) is 6.12. The molecule has 0 radical (unpaired) electrons. The predicted octanol–water partition coefficient (Wildman–Crippen LogP) is 2.30. The van der Waals surface area contributed by atoms with Crippen LogP contribution in [0, 0.1) is 5.82 Å². The van der Waals surface area contributed by atoms with E-state index in [-0.39, 0.29) is 11.2 Å². The zero-order chi connectivity index (χ0) is 15.7. The molecule has 1 rings (SSSR count). The molecule has 0 unspecified atom stereocenters. The summed E-state index contributed by atoms with van der Waals surface area (Å²) >= 11 is 0. The number of rotatable bonds is 7. The highest BCUT2D eigenvalue weighted by molar-refractivity contribution is 5.79. The smallest absolute Gasteiger partial charge is 0.191 e. The number of methoxy groups -OCH3 is 1. The van der Waals surface area contributed by atoms with Gasteiger partial charge in [0.1, 0.15) is 5.82 Å². The second kappa shape index (κ2) is 8.62.